The fourth-order valence-electron chi connectivity index (χ4n) is 4.24. The number of hydrogen-bond acceptors (Lipinski definition) is 3. The number of ether oxygens (including phenoxy) is 2. The van der Waals surface area contributed by atoms with Crippen LogP contribution in [0.3, 0.4) is 0 Å². The Bertz CT molecular complexity index is 1420. The lowest BCUT2D eigenvalue weighted by atomic mass is 10.0. The molecule has 4 nitrogen and oxygen atoms in total. The molecule has 1 aliphatic heterocycles. The summed E-state index contributed by atoms with van der Waals surface area (Å²) in [5, 5.41) is 0. The first-order chi connectivity index (χ1) is 15.8. The highest BCUT2D eigenvalue weighted by atomic mass is 16.5. The van der Waals surface area contributed by atoms with Crippen LogP contribution < -0.4 is 9.47 Å². The van der Waals surface area contributed by atoms with E-state index in [4.69, 9.17) is 14.5 Å². The number of nitrogens with zero attached hydrogens (tertiary/aromatic N) is 2. The Labute approximate surface area is 186 Å². The molecule has 0 aliphatic carbocycles. The topological polar surface area (TPSA) is 36.3 Å². The molecular formula is C28H20N2O2. The van der Waals surface area contributed by atoms with Gasteiger partial charge in [0.1, 0.15) is 17.3 Å². The monoisotopic (exact) mass is 416 g/mol. The third-order valence-corrected chi connectivity index (χ3v) is 5.73. The minimum atomic E-state index is 0.751. The van der Waals surface area contributed by atoms with Crippen molar-refractivity contribution in [2.75, 3.05) is 7.11 Å². The van der Waals surface area contributed by atoms with E-state index in [0.29, 0.717) is 0 Å². The van der Waals surface area contributed by atoms with Crippen molar-refractivity contribution in [3.63, 3.8) is 0 Å². The largest absolute Gasteiger partial charge is 0.497 e. The van der Waals surface area contributed by atoms with Gasteiger partial charge in [-0.3, -0.25) is 4.57 Å². The molecule has 0 unspecified atom stereocenters. The van der Waals surface area contributed by atoms with Gasteiger partial charge in [-0.15, -0.1) is 0 Å². The smallest absolute Gasteiger partial charge is 0.151 e. The zero-order valence-electron chi connectivity index (χ0n) is 17.5. The van der Waals surface area contributed by atoms with Crippen molar-refractivity contribution in [3.05, 3.63) is 103 Å². The lowest BCUT2D eigenvalue weighted by molar-refractivity contribution is 0.413. The average Bonchev–Trinajstić information content (AvgIpc) is 3.20. The summed E-state index contributed by atoms with van der Waals surface area (Å²) < 4.78 is 14.1. The third-order valence-electron chi connectivity index (χ3n) is 5.73. The normalized spacial score (nSPS) is 11.5. The summed E-state index contributed by atoms with van der Waals surface area (Å²) in [4.78, 5) is 5.20. The van der Waals surface area contributed by atoms with E-state index in [1.165, 1.54) is 0 Å². The second kappa shape index (κ2) is 7.43. The molecule has 6 rings (SSSR count). The third kappa shape index (κ3) is 2.88. The standard InChI is InChI=1S/C28H20N2O2/c1-31-21-16-17-24-22(18-21)28-29-26(19-10-4-2-5-11-19)27(20-12-6-3-7-13-20)30(28)23-14-8-9-15-25(23)32-24/h2-18H,1H3. The van der Waals surface area contributed by atoms with Gasteiger partial charge in [0.05, 0.1) is 29.7 Å². The molecule has 0 fully saturated rings. The highest BCUT2D eigenvalue weighted by Gasteiger charge is 2.28. The molecule has 2 heterocycles. The van der Waals surface area contributed by atoms with Crippen LogP contribution in [0.5, 0.6) is 17.2 Å². The van der Waals surface area contributed by atoms with Crippen molar-refractivity contribution in [2.45, 2.75) is 0 Å². The maximum Gasteiger partial charge on any atom is 0.151 e. The summed E-state index contributed by atoms with van der Waals surface area (Å²) in [7, 11) is 1.67. The van der Waals surface area contributed by atoms with Gasteiger partial charge in [-0.05, 0) is 30.3 Å². The molecule has 0 atom stereocenters. The second-order valence-electron chi connectivity index (χ2n) is 7.63. The summed E-state index contributed by atoms with van der Waals surface area (Å²) in [5.74, 6) is 3.12. The Balaban J connectivity index is 1.77. The molecule has 1 aliphatic rings. The van der Waals surface area contributed by atoms with Crippen LogP contribution in [0.2, 0.25) is 0 Å². The number of aromatic nitrogens is 2. The maximum absolute atomic E-state index is 6.36. The van der Waals surface area contributed by atoms with Gasteiger partial charge in [0.15, 0.2) is 5.75 Å². The average molecular weight is 416 g/mol. The number of rotatable bonds is 3. The summed E-state index contributed by atoms with van der Waals surface area (Å²) in [6, 6.07) is 34.6. The molecule has 0 spiro atoms. The Morgan fingerprint density at radius 1 is 0.719 bits per heavy atom. The number of imidazole rings is 1. The Morgan fingerprint density at radius 2 is 1.41 bits per heavy atom. The molecule has 32 heavy (non-hydrogen) atoms. The summed E-state index contributed by atoms with van der Waals surface area (Å²) in [6.45, 7) is 0. The van der Waals surface area contributed by atoms with Crippen LogP contribution in [0.25, 0.3) is 39.6 Å². The van der Waals surface area contributed by atoms with Gasteiger partial charge >= 0.3 is 0 Å². The van der Waals surface area contributed by atoms with E-state index in [-0.39, 0.29) is 0 Å². The SMILES string of the molecule is COc1ccc2c(c1)-c1nc(-c3ccccc3)c(-c3ccccc3)n1-c1ccccc1O2. The number of methoxy groups -OCH3 is 1. The summed E-state index contributed by atoms with van der Waals surface area (Å²) in [5.41, 5.74) is 5.95. The zero-order chi connectivity index (χ0) is 21.5. The fraction of sp³-hybridized carbons (Fsp3) is 0.0357. The predicted molar refractivity (Wildman–Crippen MR) is 126 cm³/mol. The quantitative estimate of drug-likeness (QED) is 0.312. The van der Waals surface area contributed by atoms with Crippen LogP contribution in [0.4, 0.5) is 0 Å². The molecule has 0 saturated carbocycles. The Morgan fingerprint density at radius 3 is 2.16 bits per heavy atom. The van der Waals surface area contributed by atoms with Gasteiger partial charge in [0.25, 0.3) is 0 Å². The van der Waals surface area contributed by atoms with Crippen molar-refractivity contribution >= 4 is 0 Å². The van der Waals surface area contributed by atoms with Crippen LogP contribution in [0.15, 0.2) is 103 Å². The van der Waals surface area contributed by atoms with Crippen molar-refractivity contribution in [1.82, 2.24) is 9.55 Å². The number of para-hydroxylation sites is 2. The van der Waals surface area contributed by atoms with Gasteiger partial charge in [-0.2, -0.15) is 0 Å². The Hall–Kier alpha value is -4.31. The lowest BCUT2D eigenvalue weighted by Gasteiger charge is -2.13. The maximum atomic E-state index is 6.36. The van der Waals surface area contributed by atoms with Gasteiger partial charge < -0.3 is 9.47 Å². The molecule has 4 aromatic carbocycles. The van der Waals surface area contributed by atoms with Crippen LogP contribution in [-0.2, 0) is 0 Å². The molecule has 5 aromatic rings. The van der Waals surface area contributed by atoms with Gasteiger partial charge in [0, 0.05) is 11.1 Å². The van der Waals surface area contributed by atoms with E-state index < -0.39 is 0 Å². The van der Waals surface area contributed by atoms with Crippen LogP contribution >= 0.6 is 0 Å². The van der Waals surface area contributed by atoms with E-state index in [1.807, 2.05) is 60.7 Å². The van der Waals surface area contributed by atoms with Crippen LogP contribution in [0, 0.1) is 0 Å². The van der Waals surface area contributed by atoms with E-state index in [2.05, 4.69) is 47.0 Å². The van der Waals surface area contributed by atoms with E-state index in [9.17, 15) is 0 Å². The fourth-order valence-corrected chi connectivity index (χ4v) is 4.24. The first kappa shape index (κ1) is 18.5. The molecule has 0 N–H and O–H groups in total. The van der Waals surface area contributed by atoms with E-state index in [0.717, 1.165) is 56.8 Å². The van der Waals surface area contributed by atoms with Crippen molar-refractivity contribution in [1.29, 1.82) is 0 Å². The minimum Gasteiger partial charge on any atom is -0.497 e. The lowest BCUT2D eigenvalue weighted by Crippen LogP contribution is -1.99. The van der Waals surface area contributed by atoms with Crippen molar-refractivity contribution in [2.24, 2.45) is 0 Å². The van der Waals surface area contributed by atoms with Gasteiger partial charge in [-0.1, -0.05) is 72.8 Å². The van der Waals surface area contributed by atoms with Gasteiger partial charge in [-0.25, -0.2) is 4.98 Å². The first-order valence-corrected chi connectivity index (χ1v) is 10.5. The predicted octanol–water partition coefficient (Wildman–Crippen LogP) is 6.99. The number of fused-ring (bicyclic) bond motifs is 5. The van der Waals surface area contributed by atoms with Crippen molar-refractivity contribution < 1.29 is 9.47 Å². The second-order valence-corrected chi connectivity index (χ2v) is 7.63. The molecule has 0 saturated heterocycles. The summed E-state index contributed by atoms with van der Waals surface area (Å²) >= 11 is 0. The van der Waals surface area contributed by atoms with Gasteiger partial charge in [0.2, 0.25) is 0 Å². The van der Waals surface area contributed by atoms with Crippen LogP contribution in [-0.4, -0.2) is 16.7 Å². The molecule has 154 valence electrons. The van der Waals surface area contributed by atoms with E-state index >= 15 is 0 Å². The molecule has 0 bridgehead atoms. The highest BCUT2D eigenvalue weighted by Crippen LogP contribution is 2.47. The number of benzene rings is 4. The molecule has 0 radical (unpaired) electrons. The zero-order valence-corrected chi connectivity index (χ0v) is 17.5. The summed E-state index contributed by atoms with van der Waals surface area (Å²) in [6.07, 6.45) is 0. The van der Waals surface area contributed by atoms with E-state index in [1.54, 1.807) is 7.11 Å². The molecule has 4 heteroatoms. The highest BCUT2D eigenvalue weighted by molar-refractivity contribution is 5.86. The number of hydrogen-bond donors (Lipinski definition) is 0. The van der Waals surface area contributed by atoms with Crippen LogP contribution in [0.1, 0.15) is 0 Å². The molecule has 1 aromatic heterocycles. The molecule has 0 amide bonds. The van der Waals surface area contributed by atoms with Crippen molar-refractivity contribution in [3.8, 4) is 56.8 Å². The Kier molecular flexibility index (Phi) is 4.29. The molecular weight excluding hydrogens is 396 g/mol. The first-order valence-electron chi connectivity index (χ1n) is 10.5. The minimum absolute atomic E-state index is 0.751.